The Labute approximate surface area is 197 Å². The van der Waals surface area contributed by atoms with Crippen LogP contribution in [0.1, 0.15) is 64.1 Å². The number of nitrogens with zero attached hydrogens (tertiary/aromatic N) is 1. The fraction of sp³-hybridized carbons (Fsp3) is 0.478. The molecule has 0 aliphatic carbocycles. The first-order valence-corrected chi connectivity index (χ1v) is 10.9. The molecule has 0 aliphatic heterocycles. The maximum atomic E-state index is 11.6. The van der Waals surface area contributed by atoms with Gasteiger partial charge in [-0.15, -0.1) is 0 Å². The summed E-state index contributed by atoms with van der Waals surface area (Å²) in [7, 11) is 0. The summed E-state index contributed by atoms with van der Waals surface area (Å²) in [4.78, 5) is 45.2. The molecule has 9 heteroatoms. The van der Waals surface area contributed by atoms with Crippen LogP contribution < -0.4 is 11.1 Å². The fourth-order valence-electron chi connectivity index (χ4n) is 2.43. The van der Waals surface area contributed by atoms with Crippen LogP contribution in [-0.4, -0.2) is 36.5 Å². The summed E-state index contributed by atoms with van der Waals surface area (Å²) in [6.07, 6.45) is 6.00. The van der Waals surface area contributed by atoms with Crippen LogP contribution in [0.25, 0.3) is 0 Å². The van der Waals surface area contributed by atoms with Gasteiger partial charge < -0.3 is 19.8 Å². The molecule has 0 aliphatic rings. The zero-order valence-corrected chi connectivity index (χ0v) is 19.9. The van der Waals surface area contributed by atoms with Crippen molar-refractivity contribution in [1.82, 2.24) is 9.55 Å². The maximum Gasteiger partial charge on any atom is 0.326 e. The summed E-state index contributed by atoms with van der Waals surface area (Å²) < 4.78 is 1.28. The summed E-state index contributed by atoms with van der Waals surface area (Å²) >= 11 is 3.00. The zero-order valence-electron chi connectivity index (χ0n) is 18.3. The number of aromatic nitrogens is 2. The molecule has 0 unspecified atom stereocenters. The smallest absolute Gasteiger partial charge is 0.326 e. The number of pyridine rings is 2. The average molecular weight is 515 g/mol. The molecular formula is C23H35BrN2O6. The molecule has 2 aromatic rings. The topological polar surface area (TPSA) is 129 Å². The van der Waals surface area contributed by atoms with Crippen LogP contribution in [-0.2, 0) is 9.59 Å². The number of aliphatic carboxylic acids is 2. The zero-order chi connectivity index (χ0) is 24.0. The Morgan fingerprint density at radius 1 is 1.00 bits per heavy atom. The van der Waals surface area contributed by atoms with Crippen LogP contribution in [0, 0.1) is 13.8 Å². The van der Waals surface area contributed by atoms with Gasteiger partial charge in [0.05, 0.1) is 0 Å². The molecule has 8 nitrogen and oxygen atoms in total. The van der Waals surface area contributed by atoms with E-state index in [9.17, 15) is 19.2 Å². The van der Waals surface area contributed by atoms with E-state index in [-0.39, 0.29) is 23.4 Å². The molecule has 0 fully saturated rings. The number of alkyl halides is 1. The van der Waals surface area contributed by atoms with E-state index in [1.165, 1.54) is 10.6 Å². The highest BCUT2D eigenvalue weighted by atomic mass is 79.9. The third-order valence-corrected chi connectivity index (χ3v) is 4.88. The van der Waals surface area contributed by atoms with Crippen molar-refractivity contribution in [3.63, 3.8) is 0 Å². The Morgan fingerprint density at radius 3 is 1.91 bits per heavy atom. The van der Waals surface area contributed by atoms with Gasteiger partial charge in [0.2, 0.25) is 5.56 Å². The Bertz CT molecular complexity index is 938. The Hall–Kier alpha value is -2.68. The highest BCUT2D eigenvalue weighted by Crippen LogP contribution is 2.11. The number of aryl methyl sites for hydroxylation is 2. The van der Waals surface area contributed by atoms with Gasteiger partial charge in [0.15, 0.2) is 0 Å². The van der Waals surface area contributed by atoms with Crippen molar-refractivity contribution in [1.29, 1.82) is 0 Å². The van der Waals surface area contributed by atoms with Gasteiger partial charge in [-0.05, 0) is 49.9 Å². The van der Waals surface area contributed by atoms with E-state index < -0.39 is 18.0 Å². The fourth-order valence-corrected chi connectivity index (χ4v) is 2.89. The molecule has 0 bridgehead atoms. The van der Waals surface area contributed by atoms with E-state index in [2.05, 4.69) is 20.9 Å². The molecule has 32 heavy (non-hydrogen) atoms. The first kappa shape index (κ1) is 31.5. The lowest BCUT2D eigenvalue weighted by Gasteiger charge is -2.14. The van der Waals surface area contributed by atoms with Gasteiger partial charge in [-0.25, -0.2) is 4.79 Å². The van der Waals surface area contributed by atoms with Crippen LogP contribution >= 0.6 is 15.9 Å². The number of carbonyl (C=O) groups is 2. The number of H-pyrrole nitrogens is 1. The summed E-state index contributed by atoms with van der Waals surface area (Å²) in [5, 5.41) is 17.3. The second-order valence-corrected chi connectivity index (χ2v) is 8.02. The lowest BCUT2D eigenvalue weighted by Crippen LogP contribution is -2.29. The summed E-state index contributed by atoms with van der Waals surface area (Å²) in [5.41, 5.74) is 1.55. The molecule has 0 saturated carbocycles. The minimum absolute atomic E-state index is 0. The van der Waals surface area contributed by atoms with Crippen molar-refractivity contribution in [2.45, 2.75) is 71.7 Å². The van der Waals surface area contributed by atoms with E-state index in [1.807, 2.05) is 26.8 Å². The average Bonchev–Trinajstić information content (AvgIpc) is 2.67. The van der Waals surface area contributed by atoms with Crippen LogP contribution in [0.3, 0.4) is 0 Å². The molecule has 0 aromatic carbocycles. The van der Waals surface area contributed by atoms with Crippen LogP contribution in [0.2, 0.25) is 0 Å². The van der Waals surface area contributed by atoms with Gasteiger partial charge in [0.1, 0.15) is 10.9 Å². The SMILES string of the molecule is C.CCC[C@@H](Br)C(=O)O.CCC[C@@H](C(=O)O)n1ccc(C)cc1=O.Cc1cc[nH]c(=O)c1. The van der Waals surface area contributed by atoms with Crippen molar-refractivity contribution >= 4 is 27.9 Å². The van der Waals surface area contributed by atoms with Gasteiger partial charge in [-0.3, -0.25) is 14.4 Å². The van der Waals surface area contributed by atoms with Crippen molar-refractivity contribution < 1.29 is 19.8 Å². The number of rotatable bonds is 7. The summed E-state index contributed by atoms with van der Waals surface area (Å²) in [5.74, 6) is -1.73. The largest absolute Gasteiger partial charge is 0.480 e. The highest BCUT2D eigenvalue weighted by Gasteiger charge is 2.18. The molecule has 0 radical (unpaired) electrons. The standard InChI is InChI=1S/C11H15NO3.C6H7NO.C5H9BrO2.CH4/c1-3-4-9(11(14)15)12-6-5-8(2)7-10(12)13;1-5-2-3-7-6(8)4-5;1-2-3-4(6)5(7)8;/h5-7,9H,3-4H2,1-2H3,(H,14,15);2-4H,1H3,(H,7,8);4H,2-3H2,1H3,(H,7,8);1H4/t9-;;4-;/m0.1./s1. The molecule has 0 saturated heterocycles. The highest BCUT2D eigenvalue weighted by molar-refractivity contribution is 9.10. The normalized spacial score (nSPS) is 11.4. The first-order chi connectivity index (χ1) is 14.5. The lowest BCUT2D eigenvalue weighted by atomic mass is 10.1. The third-order valence-electron chi connectivity index (χ3n) is 4.03. The molecule has 0 spiro atoms. The number of hydrogen-bond donors (Lipinski definition) is 3. The van der Waals surface area contributed by atoms with E-state index in [4.69, 9.17) is 10.2 Å². The maximum absolute atomic E-state index is 11.6. The predicted molar refractivity (Wildman–Crippen MR) is 131 cm³/mol. The van der Waals surface area contributed by atoms with E-state index in [1.54, 1.807) is 31.5 Å². The molecule has 180 valence electrons. The molecule has 2 atom stereocenters. The number of hydrogen-bond acceptors (Lipinski definition) is 4. The van der Waals surface area contributed by atoms with Crippen molar-refractivity contribution in [3.05, 3.63) is 68.5 Å². The van der Waals surface area contributed by atoms with Gasteiger partial charge >= 0.3 is 11.9 Å². The minimum atomic E-state index is -0.956. The van der Waals surface area contributed by atoms with E-state index >= 15 is 0 Å². The Balaban J connectivity index is 0. The lowest BCUT2D eigenvalue weighted by molar-refractivity contribution is -0.141. The van der Waals surface area contributed by atoms with E-state index in [0.29, 0.717) is 12.8 Å². The van der Waals surface area contributed by atoms with Gasteiger partial charge in [0, 0.05) is 24.5 Å². The predicted octanol–water partition coefficient (Wildman–Crippen LogP) is 4.54. The van der Waals surface area contributed by atoms with Crippen molar-refractivity contribution in [2.75, 3.05) is 0 Å². The molecule has 3 N–H and O–H groups in total. The van der Waals surface area contributed by atoms with Gasteiger partial charge in [-0.2, -0.15) is 0 Å². The quantitative estimate of drug-likeness (QED) is 0.465. The minimum Gasteiger partial charge on any atom is -0.480 e. The number of carboxylic acids is 2. The first-order valence-electron chi connectivity index (χ1n) is 9.97. The molecule has 2 heterocycles. The Kier molecular flexibility index (Phi) is 16.7. The molecule has 2 rings (SSSR count). The third kappa shape index (κ3) is 12.9. The number of aromatic amines is 1. The van der Waals surface area contributed by atoms with Crippen LogP contribution in [0.4, 0.5) is 0 Å². The Morgan fingerprint density at radius 2 is 1.56 bits per heavy atom. The molecule has 0 amide bonds. The monoisotopic (exact) mass is 514 g/mol. The van der Waals surface area contributed by atoms with Crippen molar-refractivity contribution in [3.8, 4) is 0 Å². The van der Waals surface area contributed by atoms with Crippen LogP contribution in [0.15, 0.2) is 46.2 Å². The van der Waals surface area contributed by atoms with Crippen LogP contribution in [0.5, 0.6) is 0 Å². The van der Waals surface area contributed by atoms with Gasteiger partial charge in [0.25, 0.3) is 5.56 Å². The number of carboxylic acid groups (broad SMARTS) is 2. The summed E-state index contributed by atoms with van der Waals surface area (Å²) in [6, 6.07) is 5.85. The molecular weight excluding hydrogens is 480 g/mol. The number of halogens is 1. The van der Waals surface area contributed by atoms with E-state index in [0.717, 1.165) is 24.0 Å². The van der Waals surface area contributed by atoms with Gasteiger partial charge in [-0.1, -0.05) is 50.0 Å². The summed E-state index contributed by atoms with van der Waals surface area (Å²) in [6.45, 7) is 7.54. The number of nitrogens with one attached hydrogen (secondary N) is 1. The second-order valence-electron chi connectivity index (χ2n) is 6.92. The second kappa shape index (κ2) is 16.9. The molecule has 2 aromatic heterocycles. The van der Waals surface area contributed by atoms with Crippen molar-refractivity contribution in [2.24, 2.45) is 0 Å².